The van der Waals surface area contributed by atoms with Gasteiger partial charge in [0, 0.05) is 10.4 Å². The number of hydrogen-bond acceptors (Lipinski definition) is 5. The van der Waals surface area contributed by atoms with E-state index in [2.05, 4.69) is 26.1 Å². The molecule has 2 heterocycles. The van der Waals surface area contributed by atoms with Gasteiger partial charge in [-0.3, -0.25) is 4.57 Å². The molecule has 136 valence electrons. The van der Waals surface area contributed by atoms with Crippen LogP contribution >= 0.6 is 15.9 Å². The Morgan fingerprint density at radius 1 is 1.23 bits per heavy atom. The van der Waals surface area contributed by atoms with E-state index in [1.165, 1.54) is 0 Å². The first-order valence-corrected chi connectivity index (χ1v) is 10.8. The maximum atomic E-state index is 13.1. The van der Waals surface area contributed by atoms with Crippen molar-refractivity contribution in [3.63, 3.8) is 0 Å². The standard InChI is InChI=1S/C18H18BrN3O3S/c1-12-14(4-2-6-16(12)19)11-26(23,24)18-21-20-17(13-7-8-13)22(18)10-15-5-3-9-25-15/h2-6,9,13H,7-8,10-11H2,1H3. The lowest BCUT2D eigenvalue weighted by Crippen LogP contribution is -2.15. The van der Waals surface area contributed by atoms with Crippen LogP contribution in [0, 0.1) is 6.92 Å². The van der Waals surface area contributed by atoms with Gasteiger partial charge in [-0.15, -0.1) is 10.2 Å². The third kappa shape index (κ3) is 3.35. The second-order valence-corrected chi connectivity index (χ2v) is 9.30. The summed E-state index contributed by atoms with van der Waals surface area (Å²) in [5.41, 5.74) is 1.66. The lowest BCUT2D eigenvalue weighted by atomic mass is 10.1. The summed E-state index contributed by atoms with van der Waals surface area (Å²) in [5, 5.41) is 8.25. The Labute approximate surface area is 160 Å². The van der Waals surface area contributed by atoms with Gasteiger partial charge in [0.15, 0.2) is 0 Å². The van der Waals surface area contributed by atoms with Crippen LogP contribution in [-0.4, -0.2) is 23.2 Å². The van der Waals surface area contributed by atoms with Crippen LogP contribution < -0.4 is 0 Å². The molecule has 3 aromatic rings. The molecule has 0 unspecified atom stereocenters. The minimum atomic E-state index is -3.64. The van der Waals surface area contributed by atoms with Crippen LogP contribution in [0.1, 0.15) is 41.5 Å². The van der Waals surface area contributed by atoms with E-state index in [1.807, 2.05) is 31.2 Å². The molecule has 1 aliphatic rings. The zero-order valence-corrected chi connectivity index (χ0v) is 16.6. The molecule has 1 fully saturated rings. The zero-order valence-electron chi connectivity index (χ0n) is 14.2. The first-order valence-electron chi connectivity index (χ1n) is 8.38. The Balaban J connectivity index is 1.73. The smallest absolute Gasteiger partial charge is 0.250 e. The summed E-state index contributed by atoms with van der Waals surface area (Å²) < 4.78 is 34.2. The molecule has 0 bridgehead atoms. The maximum Gasteiger partial charge on any atom is 0.250 e. The van der Waals surface area contributed by atoms with Crippen LogP contribution in [0.25, 0.3) is 0 Å². The van der Waals surface area contributed by atoms with E-state index in [-0.39, 0.29) is 16.8 Å². The predicted molar refractivity (Wildman–Crippen MR) is 99.6 cm³/mol. The molecule has 4 rings (SSSR count). The summed E-state index contributed by atoms with van der Waals surface area (Å²) in [7, 11) is -3.64. The quantitative estimate of drug-likeness (QED) is 0.587. The fourth-order valence-corrected chi connectivity index (χ4v) is 4.88. The van der Waals surface area contributed by atoms with Crippen molar-refractivity contribution in [2.24, 2.45) is 0 Å². The van der Waals surface area contributed by atoms with E-state index >= 15 is 0 Å². The van der Waals surface area contributed by atoms with Gasteiger partial charge in [-0.1, -0.05) is 28.1 Å². The summed E-state index contributed by atoms with van der Waals surface area (Å²) in [5.74, 6) is 1.58. The number of furan rings is 1. The predicted octanol–water partition coefficient (Wildman–Crippen LogP) is 3.84. The molecule has 0 N–H and O–H groups in total. The number of nitrogens with zero attached hydrogens (tertiary/aromatic N) is 3. The van der Waals surface area contributed by atoms with Gasteiger partial charge >= 0.3 is 0 Å². The normalized spacial score (nSPS) is 14.7. The van der Waals surface area contributed by atoms with Crippen molar-refractivity contribution < 1.29 is 12.8 Å². The molecule has 6 nitrogen and oxygen atoms in total. The molecule has 0 amide bonds. The number of halogens is 1. The number of benzene rings is 1. The molecule has 1 aliphatic carbocycles. The average Bonchev–Trinajstić information content (AvgIpc) is 3.14. The van der Waals surface area contributed by atoms with Crippen LogP contribution in [0.5, 0.6) is 0 Å². The zero-order chi connectivity index (χ0) is 18.3. The molecule has 0 atom stereocenters. The second kappa shape index (κ2) is 6.66. The summed E-state index contributed by atoms with van der Waals surface area (Å²) in [6, 6.07) is 9.18. The molecular formula is C18H18BrN3O3S. The van der Waals surface area contributed by atoms with Crippen molar-refractivity contribution in [2.45, 2.75) is 43.1 Å². The van der Waals surface area contributed by atoms with E-state index in [9.17, 15) is 8.42 Å². The van der Waals surface area contributed by atoms with E-state index in [0.717, 1.165) is 34.3 Å². The number of rotatable bonds is 6. The van der Waals surface area contributed by atoms with Crippen LogP contribution in [-0.2, 0) is 22.1 Å². The van der Waals surface area contributed by atoms with Crippen LogP contribution in [0.15, 0.2) is 50.6 Å². The minimum absolute atomic E-state index is 0.00942. The third-order valence-corrected chi connectivity index (χ3v) is 6.99. The van der Waals surface area contributed by atoms with Crippen molar-refractivity contribution in [1.29, 1.82) is 0 Å². The van der Waals surface area contributed by atoms with Crippen LogP contribution in [0.2, 0.25) is 0 Å². The highest BCUT2D eigenvalue weighted by molar-refractivity contribution is 9.10. The van der Waals surface area contributed by atoms with Crippen molar-refractivity contribution >= 4 is 25.8 Å². The number of sulfone groups is 1. The molecule has 26 heavy (non-hydrogen) atoms. The summed E-state index contributed by atoms with van der Waals surface area (Å²) in [4.78, 5) is 0. The lowest BCUT2D eigenvalue weighted by molar-refractivity contribution is 0.474. The highest BCUT2D eigenvalue weighted by atomic mass is 79.9. The van der Waals surface area contributed by atoms with Gasteiger partial charge in [-0.05, 0) is 49.1 Å². The van der Waals surface area contributed by atoms with Gasteiger partial charge in [-0.2, -0.15) is 0 Å². The maximum absolute atomic E-state index is 13.1. The summed E-state index contributed by atoms with van der Waals surface area (Å²) in [6.07, 6.45) is 3.61. The Morgan fingerprint density at radius 2 is 2.04 bits per heavy atom. The van der Waals surface area contributed by atoms with Crippen molar-refractivity contribution in [3.8, 4) is 0 Å². The van der Waals surface area contributed by atoms with E-state index in [0.29, 0.717) is 12.3 Å². The van der Waals surface area contributed by atoms with Crippen molar-refractivity contribution in [1.82, 2.24) is 14.8 Å². The molecule has 0 radical (unpaired) electrons. The fraction of sp³-hybridized carbons (Fsp3) is 0.333. The molecule has 0 spiro atoms. The highest BCUT2D eigenvalue weighted by Gasteiger charge is 2.34. The second-order valence-electron chi connectivity index (χ2n) is 6.56. The van der Waals surface area contributed by atoms with Gasteiger partial charge in [0.1, 0.15) is 11.6 Å². The Bertz CT molecular complexity index is 1040. The van der Waals surface area contributed by atoms with Gasteiger partial charge in [0.05, 0.1) is 18.6 Å². The third-order valence-electron chi connectivity index (χ3n) is 4.59. The van der Waals surface area contributed by atoms with Gasteiger partial charge in [0.25, 0.3) is 0 Å². The molecule has 0 saturated heterocycles. The summed E-state index contributed by atoms with van der Waals surface area (Å²) >= 11 is 3.46. The van der Waals surface area contributed by atoms with Crippen LogP contribution in [0.3, 0.4) is 0 Å². The molecule has 2 aromatic heterocycles. The Morgan fingerprint density at radius 3 is 2.73 bits per heavy atom. The molecule has 0 aliphatic heterocycles. The summed E-state index contributed by atoms with van der Waals surface area (Å²) in [6.45, 7) is 2.22. The van der Waals surface area contributed by atoms with Crippen molar-refractivity contribution in [3.05, 3.63) is 63.8 Å². The van der Waals surface area contributed by atoms with E-state index in [1.54, 1.807) is 16.9 Å². The lowest BCUT2D eigenvalue weighted by Gasteiger charge is -2.11. The fourth-order valence-electron chi connectivity index (χ4n) is 2.96. The van der Waals surface area contributed by atoms with Crippen molar-refractivity contribution in [2.75, 3.05) is 0 Å². The molecule has 8 heteroatoms. The number of aromatic nitrogens is 3. The highest BCUT2D eigenvalue weighted by Crippen LogP contribution is 2.40. The Kier molecular flexibility index (Phi) is 4.48. The topological polar surface area (TPSA) is 78.0 Å². The van der Waals surface area contributed by atoms with Crippen LogP contribution in [0.4, 0.5) is 0 Å². The first-order chi connectivity index (χ1) is 12.5. The Hall–Kier alpha value is -1.93. The monoisotopic (exact) mass is 435 g/mol. The molecular weight excluding hydrogens is 418 g/mol. The van der Waals surface area contributed by atoms with E-state index < -0.39 is 9.84 Å². The largest absolute Gasteiger partial charge is 0.467 e. The molecule has 1 aromatic carbocycles. The SMILES string of the molecule is Cc1c(Br)cccc1CS(=O)(=O)c1nnc(C2CC2)n1Cc1ccco1. The molecule has 1 saturated carbocycles. The van der Waals surface area contributed by atoms with Gasteiger partial charge in [-0.25, -0.2) is 8.42 Å². The van der Waals surface area contributed by atoms with Gasteiger partial charge < -0.3 is 4.42 Å². The van der Waals surface area contributed by atoms with Gasteiger partial charge in [0.2, 0.25) is 15.0 Å². The minimum Gasteiger partial charge on any atom is -0.467 e. The number of hydrogen-bond donors (Lipinski definition) is 0. The first kappa shape index (κ1) is 17.5. The van der Waals surface area contributed by atoms with E-state index in [4.69, 9.17) is 4.42 Å². The average molecular weight is 436 g/mol.